The van der Waals surface area contributed by atoms with Crippen LogP contribution in [-0.4, -0.2) is 24.8 Å². The van der Waals surface area contributed by atoms with Gasteiger partial charge < -0.3 is 19.3 Å². The third-order valence-electron chi connectivity index (χ3n) is 2.94. The summed E-state index contributed by atoms with van der Waals surface area (Å²) in [5.41, 5.74) is 1.09. The topological polar surface area (TPSA) is 47.9 Å². The number of hydrogen-bond acceptors (Lipinski definition) is 4. The van der Waals surface area contributed by atoms with Crippen LogP contribution in [0.3, 0.4) is 0 Å². The molecular formula is C11H12O4. The van der Waals surface area contributed by atoms with E-state index in [1.54, 1.807) is 7.11 Å². The molecule has 0 bridgehead atoms. The molecule has 80 valence electrons. The Kier molecular flexibility index (Phi) is 1.87. The second kappa shape index (κ2) is 3.12. The molecule has 2 aliphatic rings. The lowest BCUT2D eigenvalue weighted by Gasteiger charge is -2.08. The summed E-state index contributed by atoms with van der Waals surface area (Å²) in [5.74, 6) is 1.73. The largest absolute Gasteiger partial charge is 0.497 e. The van der Waals surface area contributed by atoms with Crippen molar-refractivity contribution >= 4 is 0 Å². The van der Waals surface area contributed by atoms with E-state index >= 15 is 0 Å². The average molecular weight is 208 g/mol. The van der Waals surface area contributed by atoms with Crippen LogP contribution in [0.4, 0.5) is 0 Å². The maximum absolute atomic E-state index is 9.33. The quantitative estimate of drug-likeness (QED) is 0.754. The second-order valence-electron chi connectivity index (χ2n) is 3.82. The van der Waals surface area contributed by atoms with Gasteiger partial charge in [-0.2, -0.15) is 0 Å². The lowest BCUT2D eigenvalue weighted by atomic mass is 9.98. The van der Waals surface area contributed by atoms with Gasteiger partial charge in [0.25, 0.3) is 0 Å². The van der Waals surface area contributed by atoms with E-state index in [0.717, 1.165) is 17.1 Å². The number of ether oxygens (including phenoxy) is 3. The Hall–Kier alpha value is -1.26. The van der Waals surface area contributed by atoms with E-state index in [9.17, 15) is 5.11 Å². The van der Waals surface area contributed by atoms with Gasteiger partial charge in [0.2, 0.25) is 6.29 Å². The Morgan fingerprint density at radius 1 is 1.47 bits per heavy atom. The summed E-state index contributed by atoms with van der Waals surface area (Å²) in [6.07, 6.45) is -0.429. The lowest BCUT2D eigenvalue weighted by molar-refractivity contribution is -0.147. The predicted octanol–water partition coefficient (Wildman–Crippen LogP) is 1.24. The van der Waals surface area contributed by atoms with Crippen LogP contribution in [0, 0.1) is 0 Å². The second-order valence-corrected chi connectivity index (χ2v) is 3.82. The third-order valence-corrected chi connectivity index (χ3v) is 2.94. The fraction of sp³-hybridized carbons (Fsp3) is 0.455. The average Bonchev–Trinajstić information content (AvgIpc) is 2.72. The van der Waals surface area contributed by atoms with Crippen LogP contribution in [-0.2, 0) is 4.74 Å². The van der Waals surface area contributed by atoms with Crippen molar-refractivity contribution in [3.8, 4) is 11.5 Å². The van der Waals surface area contributed by atoms with Crippen LogP contribution in [0.15, 0.2) is 18.2 Å². The lowest BCUT2D eigenvalue weighted by Crippen LogP contribution is -2.16. The van der Waals surface area contributed by atoms with Gasteiger partial charge in [-0.25, -0.2) is 0 Å². The molecule has 1 N–H and O–H groups in total. The number of aliphatic hydroxyl groups excluding tert-OH is 1. The molecule has 0 radical (unpaired) electrons. The first-order valence-corrected chi connectivity index (χ1v) is 4.96. The predicted molar refractivity (Wildman–Crippen MR) is 51.9 cm³/mol. The highest BCUT2D eigenvalue weighted by Gasteiger charge is 2.43. The Morgan fingerprint density at radius 3 is 3.13 bits per heavy atom. The van der Waals surface area contributed by atoms with Gasteiger partial charge in [-0.3, -0.25) is 0 Å². The van der Waals surface area contributed by atoms with E-state index in [1.165, 1.54) is 0 Å². The number of hydrogen-bond donors (Lipinski definition) is 1. The molecule has 4 heteroatoms. The van der Waals surface area contributed by atoms with Gasteiger partial charge in [0.15, 0.2) is 6.29 Å². The Balaban J connectivity index is 1.96. The van der Waals surface area contributed by atoms with Crippen molar-refractivity contribution in [2.24, 2.45) is 0 Å². The van der Waals surface area contributed by atoms with Crippen LogP contribution >= 0.6 is 0 Å². The molecule has 3 rings (SSSR count). The van der Waals surface area contributed by atoms with E-state index in [2.05, 4.69) is 0 Å². The summed E-state index contributed by atoms with van der Waals surface area (Å²) in [6.45, 7) is 0. The normalized spacial score (nSPS) is 32.0. The molecule has 1 aromatic rings. The van der Waals surface area contributed by atoms with Crippen molar-refractivity contribution in [3.05, 3.63) is 23.8 Å². The van der Waals surface area contributed by atoms with Crippen molar-refractivity contribution in [3.63, 3.8) is 0 Å². The van der Waals surface area contributed by atoms with Crippen LogP contribution < -0.4 is 9.47 Å². The maximum atomic E-state index is 9.33. The first kappa shape index (κ1) is 9.00. The van der Waals surface area contributed by atoms with Crippen molar-refractivity contribution < 1.29 is 19.3 Å². The molecule has 2 aliphatic heterocycles. The standard InChI is InChI=1S/C11H12O4/c1-13-6-2-3-7-8-5-10(12)15-11(8)14-9(7)4-6/h2-4,8,10-12H,5H2,1H3. The minimum atomic E-state index is -0.699. The van der Waals surface area contributed by atoms with Crippen molar-refractivity contribution in [1.29, 1.82) is 0 Å². The smallest absolute Gasteiger partial charge is 0.209 e. The van der Waals surface area contributed by atoms with E-state index in [-0.39, 0.29) is 12.2 Å². The van der Waals surface area contributed by atoms with Gasteiger partial charge in [-0.05, 0) is 6.07 Å². The summed E-state index contributed by atoms with van der Waals surface area (Å²) in [6, 6.07) is 5.72. The first-order chi connectivity index (χ1) is 7.28. The summed E-state index contributed by atoms with van der Waals surface area (Å²) in [7, 11) is 1.62. The van der Waals surface area contributed by atoms with Crippen molar-refractivity contribution in [2.45, 2.75) is 24.9 Å². The highest BCUT2D eigenvalue weighted by molar-refractivity contribution is 5.46. The molecule has 0 amide bonds. The fourth-order valence-corrected chi connectivity index (χ4v) is 2.19. The highest BCUT2D eigenvalue weighted by Crippen LogP contribution is 2.46. The minimum absolute atomic E-state index is 0.154. The molecule has 1 saturated heterocycles. The Labute approximate surface area is 87.4 Å². The van der Waals surface area contributed by atoms with Crippen molar-refractivity contribution in [1.82, 2.24) is 0 Å². The monoisotopic (exact) mass is 208 g/mol. The van der Waals surface area contributed by atoms with Gasteiger partial charge in [-0.1, -0.05) is 6.07 Å². The highest BCUT2D eigenvalue weighted by atomic mass is 16.7. The van der Waals surface area contributed by atoms with Crippen LogP contribution in [0.2, 0.25) is 0 Å². The Bertz CT molecular complexity index is 390. The van der Waals surface area contributed by atoms with E-state index in [0.29, 0.717) is 6.42 Å². The first-order valence-electron chi connectivity index (χ1n) is 4.96. The summed E-state index contributed by atoms with van der Waals surface area (Å²) in [4.78, 5) is 0. The van der Waals surface area contributed by atoms with Gasteiger partial charge >= 0.3 is 0 Å². The molecule has 1 fully saturated rings. The maximum Gasteiger partial charge on any atom is 0.209 e. The number of fused-ring (bicyclic) bond motifs is 3. The van der Waals surface area contributed by atoms with E-state index in [4.69, 9.17) is 14.2 Å². The van der Waals surface area contributed by atoms with Gasteiger partial charge in [0.05, 0.1) is 13.0 Å². The van der Waals surface area contributed by atoms with Gasteiger partial charge in [0, 0.05) is 18.1 Å². The minimum Gasteiger partial charge on any atom is -0.497 e. The van der Waals surface area contributed by atoms with Crippen LogP contribution in [0.5, 0.6) is 11.5 Å². The van der Waals surface area contributed by atoms with E-state index < -0.39 is 6.29 Å². The molecule has 0 spiro atoms. The molecule has 0 aliphatic carbocycles. The molecule has 3 atom stereocenters. The SMILES string of the molecule is COc1ccc2c(c1)OC1OC(O)CC21. The van der Waals surface area contributed by atoms with Crippen LogP contribution in [0.25, 0.3) is 0 Å². The zero-order valence-electron chi connectivity index (χ0n) is 8.34. The number of methoxy groups -OCH3 is 1. The summed E-state index contributed by atoms with van der Waals surface area (Å²) in [5, 5.41) is 9.33. The van der Waals surface area contributed by atoms with Gasteiger partial charge in [0.1, 0.15) is 11.5 Å². The number of benzene rings is 1. The van der Waals surface area contributed by atoms with Crippen LogP contribution in [0.1, 0.15) is 17.9 Å². The molecular weight excluding hydrogens is 196 g/mol. The molecule has 1 aromatic carbocycles. The summed E-state index contributed by atoms with van der Waals surface area (Å²) >= 11 is 0. The number of rotatable bonds is 1. The molecule has 3 unspecified atom stereocenters. The zero-order valence-corrected chi connectivity index (χ0v) is 8.34. The number of aliphatic hydroxyl groups is 1. The fourth-order valence-electron chi connectivity index (χ4n) is 2.19. The molecule has 0 aromatic heterocycles. The van der Waals surface area contributed by atoms with Gasteiger partial charge in [-0.15, -0.1) is 0 Å². The van der Waals surface area contributed by atoms with Crippen molar-refractivity contribution in [2.75, 3.05) is 7.11 Å². The Morgan fingerprint density at radius 2 is 2.33 bits per heavy atom. The third kappa shape index (κ3) is 1.29. The van der Waals surface area contributed by atoms with E-state index in [1.807, 2.05) is 18.2 Å². The summed E-state index contributed by atoms with van der Waals surface area (Å²) < 4.78 is 15.9. The molecule has 2 heterocycles. The molecule has 4 nitrogen and oxygen atoms in total. The zero-order chi connectivity index (χ0) is 10.4. The molecule has 0 saturated carbocycles. The molecule has 15 heavy (non-hydrogen) atoms.